The second-order valence-corrected chi connectivity index (χ2v) is 14.4. The molecule has 4 aromatic rings. The lowest BCUT2D eigenvalue weighted by molar-refractivity contribution is -0.186. The molecule has 0 aliphatic carbocycles. The van der Waals surface area contributed by atoms with Gasteiger partial charge < -0.3 is 33.3 Å². The summed E-state index contributed by atoms with van der Waals surface area (Å²) in [6.45, 7) is 3.67. The number of morpholine rings is 1. The lowest BCUT2D eigenvalue weighted by Gasteiger charge is -2.32. The van der Waals surface area contributed by atoms with E-state index in [-0.39, 0.29) is 29.1 Å². The van der Waals surface area contributed by atoms with Gasteiger partial charge in [-0.2, -0.15) is 0 Å². The number of pyridine rings is 1. The predicted octanol–water partition coefficient (Wildman–Crippen LogP) is 3.27. The van der Waals surface area contributed by atoms with Gasteiger partial charge in [0, 0.05) is 81.3 Å². The number of sulfonamides is 1. The fraction of sp³-hybridized carbons (Fsp3) is 0.485. The number of aromatic nitrogens is 4. The highest BCUT2D eigenvalue weighted by molar-refractivity contribution is 7.92. The molecular weight excluding hydrogens is 703 g/mol. The van der Waals surface area contributed by atoms with Crippen molar-refractivity contribution in [3.8, 4) is 22.9 Å². The Labute approximate surface area is 298 Å². The summed E-state index contributed by atoms with van der Waals surface area (Å²) in [5.41, 5.74) is 3.69. The fourth-order valence-electron chi connectivity index (χ4n) is 6.26. The maximum Gasteiger partial charge on any atom is 0.297 e. The summed E-state index contributed by atoms with van der Waals surface area (Å²) in [5, 5.41) is 4.26. The molecule has 2 N–H and O–H groups in total. The van der Waals surface area contributed by atoms with E-state index in [4.69, 9.17) is 38.3 Å². The Morgan fingerprint density at radius 2 is 1.81 bits per heavy atom. The van der Waals surface area contributed by atoms with Crippen LogP contribution >= 0.6 is 0 Å². The van der Waals surface area contributed by atoms with Crippen LogP contribution in [0.1, 0.15) is 42.6 Å². The molecule has 0 radical (unpaired) electrons. The van der Waals surface area contributed by atoms with Crippen LogP contribution in [0.15, 0.2) is 35.0 Å². The quantitative estimate of drug-likeness (QED) is 0.213. The second-order valence-electron chi connectivity index (χ2n) is 12.6. The molecule has 278 valence electrons. The maximum absolute atomic E-state index is 15.4. The average Bonchev–Trinajstić information content (AvgIpc) is 3.65. The van der Waals surface area contributed by atoms with Crippen LogP contribution < -0.4 is 29.5 Å². The van der Waals surface area contributed by atoms with Gasteiger partial charge in [0.15, 0.2) is 12.0 Å². The number of methoxy groups -OCH3 is 1. The third-order valence-corrected chi connectivity index (χ3v) is 9.41. The van der Waals surface area contributed by atoms with Crippen LogP contribution in [0.3, 0.4) is 0 Å². The molecule has 0 bridgehead atoms. The highest BCUT2D eigenvalue weighted by Gasteiger charge is 2.27. The minimum atomic E-state index is -3.68. The van der Waals surface area contributed by atoms with Crippen LogP contribution in [-0.4, -0.2) is 106 Å². The zero-order chi connectivity index (χ0) is 36.2. The number of anilines is 3. The second kappa shape index (κ2) is 15.4. The molecular formula is C33H39FN8O9S. The molecule has 3 aromatic heterocycles. The van der Waals surface area contributed by atoms with Crippen molar-refractivity contribution in [3.05, 3.63) is 42.0 Å². The zero-order valence-corrected chi connectivity index (χ0v) is 29.5. The third kappa shape index (κ3) is 8.27. The number of hydrogen-bond donors (Lipinski definition) is 2. The van der Waals surface area contributed by atoms with Gasteiger partial charge in [-0.3, -0.25) is 9.52 Å². The largest absolute Gasteiger partial charge is 0.488 e. The summed E-state index contributed by atoms with van der Waals surface area (Å²) in [7, 11) is -2.31. The van der Waals surface area contributed by atoms with Crippen molar-refractivity contribution in [1.29, 1.82) is 0 Å². The van der Waals surface area contributed by atoms with Crippen LogP contribution in [0.25, 0.3) is 22.2 Å². The number of hydroxylamine groups is 1. The molecule has 17 nitrogen and oxygen atoms in total. The Hall–Kier alpha value is -4.85. The molecule has 7 rings (SSSR count). The summed E-state index contributed by atoms with van der Waals surface area (Å²) < 4.78 is 70.3. The summed E-state index contributed by atoms with van der Waals surface area (Å²) in [6, 6.07) is 5.72. The smallest absolute Gasteiger partial charge is 0.297 e. The van der Waals surface area contributed by atoms with Gasteiger partial charge in [-0.15, -0.1) is 0 Å². The molecule has 6 heterocycles. The third-order valence-electron chi connectivity index (χ3n) is 8.82. The van der Waals surface area contributed by atoms with E-state index in [0.29, 0.717) is 99.3 Å². The van der Waals surface area contributed by atoms with Gasteiger partial charge in [0.2, 0.25) is 27.7 Å². The molecule has 0 saturated carbocycles. The summed E-state index contributed by atoms with van der Waals surface area (Å²) in [6.07, 6.45) is 5.45. The van der Waals surface area contributed by atoms with Crippen LogP contribution in [-0.2, 0) is 24.3 Å². The van der Waals surface area contributed by atoms with Crippen LogP contribution in [0, 0.1) is 5.82 Å². The normalized spacial score (nSPS) is 18.7. The molecule has 1 aromatic carbocycles. The maximum atomic E-state index is 15.4. The monoisotopic (exact) mass is 742 g/mol. The lowest BCUT2D eigenvalue weighted by atomic mass is 10.1. The van der Waals surface area contributed by atoms with E-state index < -0.39 is 28.0 Å². The van der Waals surface area contributed by atoms with E-state index in [9.17, 15) is 13.2 Å². The summed E-state index contributed by atoms with van der Waals surface area (Å²) in [4.78, 5) is 35.8. The fourth-order valence-corrected chi connectivity index (χ4v) is 6.80. The van der Waals surface area contributed by atoms with Crippen molar-refractivity contribution in [1.82, 2.24) is 25.6 Å². The molecule has 1 atom stereocenters. The molecule has 52 heavy (non-hydrogen) atoms. The van der Waals surface area contributed by atoms with E-state index in [1.54, 1.807) is 6.07 Å². The van der Waals surface area contributed by atoms with Gasteiger partial charge in [-0.05, 0) is 25.0 Å². The first-order valence-electron chi connectivity index (χ1n) is 17.0. The first-order valence-corrected chi connectivity index (χ1v) is 18.8. The van der Waals surface area contributed by atoms with E-state index in [0.717, 1.165) is 19.1 Å². The summed E-state index contributed by atoms with van der Waals surface area (Å²) >= 11 is 0. The van der Waals surface area contributed by atoms with E-state index >= 15 is 4.39 Å². The van der Waals surface area contributed by atoms with Gasteiger partial charge >= 0.3 is 0 Å². The van der Waals surface area contributed by atoms with E-state index in [1.165, 1.54) is 31.5 Å². The minimum Gasteiger partial charge on any atom is -0.488 e. The van der Waals surface area contributed by atoms with Crippen molar-refractivity contribution in [2.75, 3.05) is 73.9 Å². The number of nitrogens with one attached hydrogen (secondary N) is 2. The SMILES string of the molecule is COc1ncc(-c2nc(N3CCOCC3)nc3c(OC4CCN(c5cc(C(=O)NOC6CCCCO6)no5)CC4)cc(F)cc23)cc1NS(C)(=O)=O. The van der Waals surface area contributed by atoms with Crippen LogP contribution in [0.2, 0.25) is 0 Å². The molecule has 19 heteroatoms. The lowest BCUT2D eigenvalue weighted by Crippen LogP contribution is -2.38. The molecule has 3 aliphatic heterocycles. The van der Waals surface area contributed by atoms with Crippen LogP contribution in [0.5, 0.6) is 11.6 Å². The van der Waals surface area contributed by atoms with Crippen molar-refractivity contribution < 1.29 is 45.9 Å². The standard InChI is InChI=1S/C33H39FN8O9S/c1-46-32-25(40-52(2,44)45)15-20(19-35-32)29-23-16-21(34)17-26(30(23)37-33(36-29)42-10-13-47-14-11-42)49-22-6-8-41(9-7-22)27-18-24(38-50-27)31(43)39-51-28-5-3-4-12-48-28/h15-19,22,28,40H,3-14H2,1-2H3,(H,39,43). The van der Waals surface area contributed by atoms with Gasteiger partial charge in [0.1, 0.15) is 28.9 Å². The Morgan fingerprint density at radius 1 is 1.00 bits per heavy atom. The average molecular weight is 743 g/mol. The van der Waals surface area contributed by atoms with Crippen LogP contribution in [0.4, 0.5) is 21.9 Å². The number of halogens is 1. The molecule has 1 unspecified atom stereocenters. The minimum absolute atomic E-state index is 0.0612. The first-order chi connectivity index (χ1) is 25.1. The number of fused-ring (bicyclic) bond motifs is 1. The van der Waals surface area contributed by atoms with Crippen molar-refractivity contribution in [2.24, 2.45) is 0 Å². The first kappa shape index (κ1) is 35.5. The highest BCUT2D eigenvalue weighted by atomic mass is 32.2. The Morgan fingerprint density at radius 3 is 2.54 bits per heavy atom. The summed E-state index contributed by atoms with van der Waals surface area (Å²) in [5.74, 6) is 0.0125. The van der Waals surface area contributed by atoms with Gasteiger partial charge in [-0.25, -0.2) is 38.1 Å². The predicted molar refractivity (Wildman–Crippen MR) is 185 cm³/mol. The molecule has 1 amide bonds. The molecule has 3 fully saturated rings. The molecule has 0 spiro atoms. The van der Waals surface area contributed by atoms with E-state index in [2.05, 4.69) is 20.3 Å². The number of ether oxygens (including phenoxy) is 4. The Kier molecular flexibility index (Phi) is 10.5. The van der Waals surface area contributed by atoms with E-state index in [1.807, 2.05) is 9.80 Å². The number of piperidine rings is 1. The topological polar surface area (TPSA) is 193 Å². The van der Waals surface area contributed by atoms with Gasteiger partial charge in [0.25, 0.3) is 5.91 Å². The van der Waals surface area contributed by atoms with Gasteiger partial charge in [0.05, 0.1) is 32.3 Å². The number of amides is 1. The Balaban J connectivity index is 1.11. The van der Waals surface area contributed by atoms with Crippen molar-refractivity contribution >= 4 is 44.4 Å². The number of carbonyl (C=O) groups excluding carboxylic acids is 1. The van der Waals surface area contributed by atoms with Crippen molar-refractivity contribution in [2.45, 2.75) is 44.5 Å². The molecule has 3 aliphatic rings. The molecule has 3 saturated heterocycles. The number of nitrogens with zero attached hydrogens (tertiary/aromatic N) is 6. The van der Waals surface area contributed by atoms with Crippen molar-refractivity contribution in [3.63, 3.8) is 0 Å². The number of rotatable bonds is 11. The highest BCUT2D eigenvalue weighted by Crippen LogP contribution is 2.37. The number of hydrogen-bond acceptors (Lipinski definition) is 15. The zero-order valence-electron chi connectivity index (χ0n) is 28.7. The van der Waals surface area contributed by atoms with Gasteiger partial charge in [-0.1, -0.05) is 5.16 Å². The number of carbonyl (C=O) groups is 1. The number of benzene rings is 1. The Bertz CT molecular complexity index is 2010.